The number of rotatable bonds is 7. The average molecular weight is 359 g/mol. The fourth-order valence-electron chi connectivity index (χ4n) is 1.53. The molecule has 0 unspecified atom stereocenters. The molecule has 2 rings (SSSR count). The van der Waals surface area contributed by atoms with Crippen LogP contribution < -0.4 is 11.1 Å². The molecule has 2 aromatic rings. The Morgan fingerprint density at radius 1 is 1.55 bits per heavy atom. The molecule has 2 aromatic heterocycles. The monoisotopic (exact) mass is 358 g/mol. The van der Waals surface area contributed by atoms with Crippen molar-refractivity contribution in [2.45, 2.75) is 19.3 Å². The molecule has 0 spiro atoms. The van der Waals surface area contributed by atoms with Crippen LogP contribution in [0, 0.1) is 0 Å². The number of nitrogens with one attached hydrogen (secondary N) is 1. The summed E-state index contributed by atoms with van der Waals surface area (Å²) < 4.78 is 6.12. The molecule has 0 saturated heterocycles. The van der Waals surface area contributed by atoms with Gasteiger partial charge in [-0.1, -0.05) is 5.16 Å². The first-order chi connectivity index (χ1) is 9.69. The molecule has 0 aromatic carbocycles. The summed E-state index contributed by atoms with van der Waals surface area (Å²) in [5.41, 5.74) is 5.35. The zero-order chi connectivity index (χ0) is 14.4. The summed E-state index contributed by atoms with van der Waals surface area (Å²) in [6.45, 7) is 1.18. The van der Waals surface area contributed by atoms with Crippen molar-refractivity contribution in [1.29, 1.82) is 0 Å². The maximum Gasteiger partial charge on any atom is 0.227 e. The Labute approximate surface area is 128 Å². The number of hydrogen-bond acceptors (Lipinski definition) is 6. The van der Waals surface area contributed by atoms with Gasteiger partial charge in [-0.3, -0.25) is 4.79 Å². The summed E-state index contributed by atoms with van der Waals surface area (Å²) in [5, 5.41) is 8.65. The van der Waals surface area contributed by atoms with Gasteiger partial charge in [0.2, 0.25) is 17.6 Å². The van der Waals surface area contributed by atoms with E-state index in [2.05, 4.69) is 31.4 Å². The number of carbonyl (C=O) groups is 1. The number of amides is 1. The van der Waals surface area contributed by atoms with Crippen molar-refractivity contribution in [2.75, 3.05) is 13.1 Å². The lowest BCUT2D eigenvalue weighted by molar-refractivity contribution is -0.121. The van der Waals surface area contributed by atoms with E-state index in [-0.39, 0.29) is 5.91 Å². The Kier molecular flexibility index (Phi) is 5.69. The Hall–Kier alpha value is -1.25. The van der Waals surface area contributed by atoms with Crippen molar-refractivity contribution in [3.63, 3.8) is 0 Å². The number of aromatic nitrogens is 2. The van der Waals surface area contributed by atoms with Gasteiger partial charge < -0.3 is 15.6 Å². The van der Waals surface area contributed by atoms with Gasteiger partial charge in [0.15, 0.2) is 0 Å². The summed E-state index contributed by atoms with van der Waals surface area (Å²) in [7, 11) is 0. The third kappa shape index (κ3) is 4.39. The van der Waals surface area contributed by atoms with Crippen LogP contribution in [0.5, 0.6) is 0 Å². The zero-order valence-electron chi connectivity index (χ0n) is 10.8. The predicted molar refractivity (Wildman–Crippen MR) is 80.3 cm³/mol. The van der Waals surface area contributed by atoms with E-state index in [4.69, 9.17) is 10.3 Å². The summed E-state index contributed by atoms with van der Waals surface area (Å²) in [6.07, 6.45) is 1.55. The fraction of sp³-hybridized carbons (Fsp3) is 0.417. The number of thiophene rings is 1. The van der Waals surface area contributed by atoms with Crippen molar-refractivity contribution in [1.82, 2.24) is 15.5 Å². The van der Waals surface area contributed by atoms with Crippen LogP contribution in [0.2, 0.25) is 0 Å². The second-order valence-electron chi connectivity index (χ2n) is 4.13. The molecular weight excluding hydrogens is 344 g/mol. The van der Waals surface area contributed by atoms with E-state index < -0.39 is 0 Å². The normalized spacial score (nSPS) is 10.7. The Balaban J connectivity index is 1.82. The van der Waals surface area contributed by atoms with Crippen molar-refractivity contribution >= 4 is 33.2 Å². The maximum absolute atomic E-state index is 11.5. The molecule has 0 aliphatic heterocycles. The summed E-state index contributed by atoms with van der Waals surface area (Å²) in [5.74, 6) is 0.995. The van der Waals surface area contributed by atoms with Crippen LogP contribution >= 0.6 is 27.3 Å². The SMILES string of the molecule is NCCCNC(=O)CCc1nc(-c2cc(Br)cs2)no1. The molecule has 6 nitrogen and oxygen atoms in total. The highest BCUT2D eigenvalue weighted by Gasteiger charge is 2.11. The second kappa shape index (κ2) is 7.51. The number of hydrogen-bond donors (Lipinski definition) is 2. The van der Waals surface area contributed by atoms with Gasteiger partial charge in [0.1, 0.15) is 0 Å². The van der Waals surface area contributed by atoms with Gasteiger partial charge >= 0.3 is 0 Å². The number of nitrogens with zero attached hydrogens (tertiary/aromatic N) is 2. The summed E-state index contributed by atoms with van der Waals surface area (Å²) in [6, 6.07) is 1.93. The molecule has 2 heterocycles. The molecule has 20 heavy (non-hydrogen) atoms. The van der Waals surface area contributed by atoms with Crippen LogP contribution in [0.1, 0.15) is 18.7 Å². The van der Waals surface area contributed by atoms with Crippen molar-refractivity contribution in [2.24, 2.45) is 5.73 Å². The first kappa shape index (κ1) is 15.1. The number of carbonyl (C=O) groups excluding carboxylic acids is 1. The Morgan fingerprint density at radius 2 is 2.40 bits per heavy atom. The van der Waals surface area contributed by atoms with E-state index in [0.717, 1.165) is 15.8 Å². The van der Waals surface area contributed by atoms with Gasteiger partial charge in [-0.2, -0.15) is 4.98 Å². The van der Waals surface area contributed by atoms with Gasteiger partial charge in [0, 0.05) is 29.2 Å². The van der Waals surface area contributed by atoms with Crippen LogP contribution in [0.4, 0.5) is 0 Å². The standard InChI is InChI=1S/C12H15BrN4O2S/c13-8-6-9(20-7-8)12-16-11(19-17-12)3-2-10(18)15-5-1-4-14/h6-7H,1-5,14H2,(H,15,18). The lowest BCUT2D eigenvalue weighted by atomic mass is 10.3. The topological polar surface area (TPSA) is 94.0 Å². The molecule has 0 aliphatic carbocycles. The maximum atomic E-state index is 11.5. The lowest BCUT2D eigenvalue weighted by Crippen LogP contribution is -2.26. The molecule has 8 heteroatoms. The quantitative estimate of drug-likeness (QED) is 0.737. The molecule has 108 valence electrons. The molecule has 0 fully saturated rings. The number of halogens is 1. The molecule has 0 aliphatic rings. The highest BCUT2D eigenvalue weighted by atomic mass is 79.9. The van der Waals surface area contributed by atoms with E-state index in [0.29, 0.717) is 37.6 Å². The molecule has 0 radical (unpaired) electrons. The zero-order valence-corrected chi connectivity index (χ0v) is 13.2. The van der Waals surface area contributed by atoms with E-state index >= 15 is 0 Å². The Morgan fingerprint density at radius 3 is 3.10 bits per heavy atom. The molecule has 0 saturated carbocycles. The first-order valence-electron chi connectivity index (χ1n) is 6.23. The molecule has 1 amide bonds. The largest absolute Gasteiger partial charge is 0.356 e. The van der Waals surface area contributed by atoms with E-state index in [1.807, 2.05) is 11.4 Å². The number of aryl methyl sites for hydroxylation is 1. The lowest BCUT2D eigenvalue weighted by Gasteiger charge is -2.01. The third-order valence-electron chi connectivity index (χ3n) is 2.52. The van der Waals surface area contributed by atoms with Gasteiger partial charge in [-0.25, -0.2) is 0 Å². The van der Waals surface area contributed by atoms with Crippen molar-refractivity contribution in [3.8, 4) is 10.7 Å². The van der Waals surface area contributed by atoms with Gasteiger partial charge in [-0.05, 0) is 35.0 Å². The highest BCUT2D eigenvalue weighted by molar-refractivity contribution is 9.10. The average Bonchev–Trinajstić information content (AvgIpc) is 3.05. The minimum atomic E-state index is -0.0305. The number of nitrogens with two attached hydrogens (primary N) is 1. The minimum absolute atomic E-state index is 0.0305. The van der Waals surface area contributed by atoms with Crippen LogP contribution in [0.3, 0.4) is 0 Å². The van der Waals surface area contributed by atoms with Crippen LogP contribution in [0.25, 0.3) is 10.7 Å². The summed E-state index contributed by atoms with van der Waals surface area (Å²) in [4.78, 5) is 16.7. The van der Waals surface area contributed by atoms with E-state index in [1.54, 1.807) is 0 Å². The Bertz CT molecular complexity index is 569. The predicted octanol–water partition coefficient (Wildman–Crippen LogP) is 1.96. The van der Waals surface area contributed by atoms with Crippen molar-refractivity contribution in [3.05, 3.63) is 21.8 Å². The third-order valence-corrected chi connectivity index (χ3v) is 4.21. The minimum Gasteiger partial charge on any atom is -0.356 e. The van der Waals surface area contributed by atoms with E-state index in [9.17, 15) is 4.79 Å². The molecule has 0 atom stereocenters. The smallest absolute Gasteiger partial charge is 0.227 e. The van der Waals surface area contributed by atoms with Gasteiger partial charge in [0.05, 0.1) is 4.88 Å². The first-order valence-corrected chi connectivity index (χ1v) is 7.90. The van der Waals surface area contributed by atoms with Crippen LogP contribution in [-0.2, 0) is 11.2 Å². The summed E-state index contributed by atoms with van der Waals surface area (Å²) >= 11 is 4.91. The second-order valence-corrected chi connectivity index (χ2v) is 5.96. The highest BCUT2D eigenvalue weighted by Crippen LogP contribution is 2.27. The molecule has 3 N–H and O–H groups in total. The molecular formula is C12H15BrN4O2S. The van der Waals surface area contributed by atoms with Gasteiger partial charge in [0.25, 0.3) is 0 Å². The molecule has 0 bridgehead atoms. The van der Waals surface area contributed by atoms with Crippen molar-refractivity contribution < 1.29 is 9.32 Å². The van der Waals surface area contributed by atoms with Crippen LogP contribution in [-0.4, -0.2) is 29.1 Å². The fourth-order valence-corrected chi connectivity index (χ4v) is 2.88. The van der Waals surface area contributed by atoms with Crippen LogP contribution in [0.15, 0.2) is 20.4 Å². The van der Waals surface area contributed by atoms with E-state index in [1.165, 1.54) is 11.3 Å². The van der Waals surface area contributed by atoms with Gasteiger partial charge in [-0.15, -0.1) is 11.3 Å².